The average Bonchev–Trinajstić information content (AvgIpc) is 2.31. The molecule has 0 aliphatic heterocycles. The molecule has 0 fully saturated rings. The second-order valence-corrected chi connectivity index (χ2v) is 5.10. The summed E-state index contributed by atoms with van der Waals surface area (Å²) < 4.78 is 41.2. The first-order chi connectivity index (χ1) is 9.33. The lowest BCUT2D eigenvalue weighted by Gasteiger charge is -2.12. The minimum absolute atomic E-state index is 0.270. The molecule has 3 nitrogen and oxygen atoms in total. The van der Waals surface area contributed by atoms with Gasteiger partial charge in [-0.05, 0) is 52.9 Å². The van der Waals surface area contributed by atoms with Crippen LogP contribution in [0, 0.1) is 3.57 Å². The molecule has 0 bridgehead atoms. The summed E-state index contributed by atoms with van der Waals surface area (Å²) in [6, 6.07) is 10.9. The van der Waals surface area contributed by atoms with Crippen molar-refractivity contribution in [1.29, 1.82) is 0 Å². The number of nitrogen functional groups attached to an aromatic ring is 1. The third-order valence-electron chi connectivity index (χ3n) is 2.34. The molecule has 0 unspecified atom stereocenters. The van der Waals surface area contributed by atoms with Gasteiger partial charge in [0.05, 0.1) is 5.69 Å². The molecule has 20 heavy (non-hydrogen) atoms. The van der Waals surface area contributed by atoms with Crippen molar-refractivity contribution < 1.29 is 17.9 Å². The molecule has 0 heterocycles. The summed E-state index contributed by atoms with van der Waals surface area (Å²) in [5.41, 5.74) is 7.50. The number of benzene rings is 2. The van der Waals surface area contributed by atoms with Crippen molar-refractivity contribution in [2.75, 3.05) is 11.1 Å². The Labute approximate surface area is 127 Å². The van der Waals surface area contributed by atoms with Crippen LogP contribution in [0.4, 0.5) is 30.2 Å². The Morgan fingerprint density at radius 3 is 2.50 bits per heavy atom. The van der Waals surface area contributed by atoms with Crippen LogP contribution in [0.1, 0.15) is 0 Å². The number of alkyl halides is 3. The van der Waals surface area contributed by atoms with E-state index in [0.29, 0.717) is 11.4 Å². The second kappa shape index (κ2) is 5.78. The van der Waals surface area contributed by atoms with Crippen molar-refractivity contribution in [3.63, 3.8) is 0 Å². The molecule has 3 N–H and O–H groups in total. The second-order valence-electron chi connectivity index (χ2n) is 3.94. The molecule has 0 aliphatic rings. The smallest absolute Gasteiger partial charge is 0.406 e. The maximum atomic E-state index is 12.2. The summed E-state index contributed by atoms with van der Waals surface area (Å²) in [5.74, 6) is -0.270. The Morgan fingerprint density at radius 1 is 1.10 bits per heavy atom. The minimum atomic E-state index is -4.70. The van der Waals surface area contributed by atoms with E-state index in [1.54, 1.807) is 24.3 Å². The van der Waals surface area contributed by atoms with Gasteiger partial charge >= 0.3 is 6.36 Å². The van der Waals surface area contributed by atoms with E-state index in [4.69, 9.17) is 5.73 Å². The molecule has 7 heteroatoms. The molecular weight excluding hydrogens is 384 g/mol. The Hall–Kier alpha value is -1.64. The normalized spacial score (nSPS) is 11.2. The summed E-state index contributed by atoms with van der Waals surface area (Å²) in [4.78, 5) is 0. The maximum absolute atomic E-state index is 12.2. The van der Waals surface area contributed by atoms with Crippen molar-refractivity contribution in [2.24, 2.45) is 0 Å². The molecular formula is C13H10F3IN2O. The van der Waals surface area contributed by atoms with Crippen LogP contribution >= 0.6 is 22.6 Å². The highest BCUT2D eigenvalue weighted by Gasteiger charge is 2.31. The van der Waals surface area contributed by atoms with E-state index in [-0.39, 0.29) is 5.75 Å². The molecule has 106 valence electrons. The lowest BCUT2D eigenvalue weighted by molar-refractivity contribution is -0.274. The van der Waals surface area contributed by atoms with E-state index >= 15 is 0 Å². The number of rotatable bonds is 3. The molecule has 0 saturated heterocycles. The van der Waals surface area contributed by atoms with E-state index in [1.165, 1.54) is 18.2 Å². The number of hydrogen-bond acceptors (Lipinski definition) is 3. The molecule has 0 aliphatic carbocycles. The largest absolute Gasteiger partial charge is 0.573 e. The fourth-order valence-electron chi connectivity index (χ4n) is 1.56. The van der Waals surface area contributed by atoms with E-state index in [2.05, 4.69) is 32.6 Å². The van der Waals surface area contributed by atoms with Gasteiger partial charge in [0, 0.05) is 21.0 Å². The van der Waals surface area contributed by atoms with Crippen LogP contribution in [0.25, 0.3) is 0 Å². The molecule has 0 aromatic heterocycles. The van der Waals surface area contributed by atoms with Gasteiger partial charge in [-0.1, -0.05) is 6.07 Å². The van der Waals surface area contributed by atoms with Gasteiger partial charge in [0.2, 0.25) is 0 Å². The molecule has 2 aromatic rings. The van der Waals surface area contributed by atoms with Gasteiger partial charge in [-0.2, -0.15) is 0 Å². The molecule has 2 rings (SSSR count). The lowest BCUT2D eigenvalue weighted by Crippen LogP contribution is -2.17. The van der Waals surface area contributed by atoms with E-state index in [1.807, 2.05) is 0 Å². The fraction of sp³-hybridized carbons (Fsp3) is 0.0769. The number of halogens is 4. The topological polar surface area (TPSA) is 47.3 Å². The lowest BCUT2D eigenvalue weighted by atomic mass is 10.2. The van der Waals surface area contributed by atoms with Gasteiger partial charge in [0.1, 0.15) is 5.75 Å². The van der Waals surface area contributed by atoms with Crippen molar-refractivity contribution >= 4 is 39.7 Å². The minimum Gasteiger partial charge on any atom is -0.406 e. The monoisotopic (exact) mass is 394 g/mol. The molecule has 0 radical (unpaired) electrons. The van der Waals surface area contributed by atoms with Crippen LogP contribution < -0.4 is 15.8 Å². The fourth-order valence-corrected chi connectivity index (χ4v) is 2.23. The SMILES string of the molecule is Nc1ccc(Nc2cccc(OC(F)(F)F)c2)c(I)c1. The van der Waals surface area contributed by atoms with Crippen molar-refractivity contribution in [3.8, 4) is 5.75 Å². The summed E-state index contributed by atoms with van der Waals surface area (Å²) in [7, 11) is 0. The van der Waals surface area contributed by atoms with E-state index < -0.39 is 6.36 Å². The first-order valence-electron chi connectivity index (χ1n) is 5.51. The third-order valence-corrected chi connectivity index (χ3v) is 3.23. The molecule has 0 spiro atoms. The number of nitrogens with two attached hydrogens (primary N) is 1. The van der Waals surface area contributed by atoms with Gasteiger partial charge in [-0.3, -0.25) is 0 Å². The molecule has 0 amide bonds. The van der Waals surface area contributed by atoms with Crippen molar-refractivity contribution in [1.82, 2.24) is 0 Å². The van der Waals surface area contributed by atoms with Crippen LogP contribution in [-0.4, -0.2) is 6.36 Å². The molecule has 0 saturated carbocycles. The van der Waals surface area contributed by atoms with E-state index in [0.717, 1.165) is 9.26 Å². The van der Waals surface area contributed by atoms with Gasteiger partial charge in [-0.25, -0.2) is 0 Å². The van der Waals surface area contributed by atoms with E-state index in [9.17, 15) is 13.2 Å². The van der Waals surface area contributed by atoms with Crippen LogP contribution in [0.15, 0.2) is 42.5 Å². The van der Waals surface area contributed by atoms with Gasteiger partial charge in [0.25, 0.3) is 0 Å². The first kappa shape index (κ1) is 14.8. The summed E-state index contributed by atoms with van der Waals surface area (Å²) >= 11 is 2.09. The van der Waals surface area contributed by atoms with Crippen molar-refractivity contribution in [3.05, 3.63) is 46.0 Å². The Kier molecular flexibility index (Phi) is 4.26. The van der Waals surface area contributed by atoms with Crippen LogP contribution in [0.5, 0.6) is 5.75 Å². The first-order valence-corrected chi connectivity index (χ1v) is 6.59. The highest BCUT2D eigenvalue weighted by molar-refractivity contribution is 14.1. The van der Waals surface area contributed by atoms with Gasteiger partial charge in [0.15, 0.2) is 0 Å². The number of nitrogens with one attached hydrogen (secondary N) is 1. The number of ether oxygens (including phenoxy) is 1. The Bertz CT molecular complexity index is 617. The zero-order chi connectivity index (χ0) is 14.8. The average molecular weight is 394 g/mol. The Morgan fingerprint density at radius 2 is 1.85 bits per heavy atom. The van der Waals surface area contributed by atoms with Gasteiger partial charge in [-0.15, -0.1) is 13.2 Å². The highest BCUT2D eigenvalue weighted by Crippen LogP contribution is 2.28. The highest BCUT2D eigenvalue weighted by atomic mass is 127. The summed E-state index contributed by atoms with van der Waals surface area (Å²) in [6.07, 6.45) is -4.70. The third kappa shape index (κ3) is 4.19. The number of anilines is 3. The van der Waals surface area contributed by atoms with Crippen LogP contribution in [-0.2, 0) is 0 Å². The van der Waals surface area contributed by atoms with Crippen LogP contribution in [0.2, 0.25) is 0 Å². The summed E-state index contributed by atoms with van der Waals surface area (Å²) in [6.45, 7) is 0. The van der Waals surface area contributed by atoms with Crippen LogP contribution in [0.3, 0.4) is 0 Å². The molecule has 0 atom stereocenters. The maximum Gasteiger partial charge on any atom is 0.573 e. The summed E-state index contributed by atoms with van der Waals surface area (Å²) in [5, 5.41) is 3.02. The zero-order valence-electron chi connectivity index (χ0n) is 10.0. The quantitative estimate of drug-likeness (QED) is 0.595. The van der Waals surface area contributed by atoms with Crippen molar-refractivity contribution in [2.45, 2.75) is 6.36 Å². The number of hydrogen-bond donors (Lipinski definition) is 2. The standard InChI is InChI=1S/C13H10F3IN2O/c14-13(15,16)20-10-3-1-2-9(7-10)19-12-5-4-8(18)6-11(12)17/h1-7,19H,18H2. The predicted octanol–water partition coefficient (Wildman–Crippen LogP) is 4.52. The predicted molar refractivity (Wildman–Crippen MR) is 80.0 cm³/mol. The zero-order valence-corrected chi connectivity index (χ0v) is 12.2. The Balaban J connectivity index is 2.19. The molecule has 2 aromatic carbocycles. The van der Waals surface area contributed by atoms with Gasteiger partial charge < -0.3 is 15.8 Å².